The van der Waals surface area contributed by atoms with Gasteiger partial charge >= 0.3 is 5.97 Å². The molecule has 0 aromatic rings. The number of carbonyl (C=O) groups excluding carboxylic acids is 1. The highest BCUT2D eigenvalue weighted by Gasteiger charge is 2.21. The van der Waals surface area contributed by atoms with Gasteiger partial charge in [-0.25, -0.2) is 4.79 Å². The third-order valence-corrected chi connectivity index (χ3v) is 2.62. The molecule has 0 aliphatic carbocycles. The third kappa shape index (κ3) is 6.58. The summed E-state index contributed by atoms with van der Waals surface area (Å²) in [5.74, 6) is -0.939. The summed E-state index contributed by atoms with van der Waals surface area (Å²) in [7, 11) is 0. The maximum absolute atomic E-state index is 10.4. The quantitative estimate of drug-likeness (QED) is 0.630. The fraction of sp³-hybridized carbons (Fsp3) is 0.800. The zero-order chi connectivity index (χ0) is 12.0. The Morgan fingerprint density at radius 1 is 1.53 bits per heavy atom. The van der Waals surface area contributed by atoms with E-state index in [9.17, 15) is 9.59 Å². The van der Waals surface area contributed by atoms with E-state index < -0.39 is 12.0 Å². The van der Waals surface area contributed by atoms with Crippen molar-refractivity contribution in [3.63, 3.8) is 0 Å². The SMILES string of the molecule is Cl.NC(C=O)CN1CCC(OCC(=O)O)CC1. The molecule has 7 heteroatoms. The summed E-state index contributed by atoms with van der Waals surface area (Å²) in [6, 6.07) is -0.434. The zero-order valence-corrected chi connectivity index (χ0v) is 10.4. The van der Waals surface area contributed by atoms with E-state index in [4.69, 9.17) is 15.6 Å². The molecule has 17 heavy (non-hydrogen) atoms. The molecule has 1 saturated heterocycles. The maximum atomic E-state index is 10.4. The van der Waals surface area contributed by atoms with Crippen LogP contribution in [0.2, 0.25) is 0 Å². The lowest BCUT2D eigenvalue weighted by Crippen LogP contribution is -2.44. The lowest BCUT2D eigenvalue weighted by Gasteiger charge is -2.32. The highest BCUT2D eigenvalue weighted by molar-refractivity contribution is 5.85. The molecule has 1 rings (SSSR count). The molecule has 0 radical (unpaired) electrons. The highest BCUT2D eigenvalue weighted by Crippen LogP contribution is 2.13. The minimum absolute atomic E-state index is 0. The summed E-state index contributed by atoms with van der Waals surface area (Å²) in [4.78, 5) is 22.8. The number of aldehydes is 1. The molecule has 1 atom stereocenters. The molecule has 1 aliphatic rings. The predicted molar refractivity (Wildman–Crippen MR) is 64.3 cm³/mol. The highest BCUT2D eigenvalue weighted by atomic mass is 35.5. The molecule has 1 fully saturated rings. The van der Waals surface area contributed by atoms with Crippen molar-refractivity contribution in [2.45, 2.75) is 25.0 Å². The molecule has 1 unspecified atom stereocenters. The molecule has 0 aromatic carbocycles. The van der Waals surface area contributed by atoms with Crippen molar-refractivity contribution in [3.05, 3.63) is 0 Å². The first-order valence-corrected chi connectivity index (χ1v) is 5.38. The van der Waals surface area contributed by atoms with Crippen LogP contribution in [-0.4, -0.2) is 60.6 Å². The van der Waals surface area contributed by atoms with Crippen molar-refractivity contribution in [1.82, 2.24) is 4.90 Å². The van der Waals surface area contributed by atoms with Gasteiger partial charge in [-0.15, -0.1) is 12.4 Å². The molecule has 1 heterocycles. The van der Waals surface area contributed by atoms with E-state index in [2.05, 4.69) is 4.90 Å². The van der Waals surface area contributed by atoms with Crippen LogP contribution >= 0.6 is 12.4 Å². The van der Waals surface area contributed by atoms with Crippen molar-refractivity contribution in [2.75, 3.05) is 26.2 Å². The van der Waals surface area contributed by atoms with Crippen LogP contribution in [0.1, 0.15) is 12.8 Å². The summed E-state index contributed by atoms with van der Waals surface area (Å²) >= 11 is 0. The van der Waals surface area contributed by atoms with E-state index in [1.807, 2.05) is 0 Å². The van der Waals surface area contributed by atoms with Gasteiger partial charge in [0.25, 0.3) is 0 Å². The second kappa shape index (κ2) is 8.41. The molecule has 100 valence electrons. The van der Waals surface area contributed by atoms with Crippen LogP contribution in [-0.2, 0) is 14.3 Å². The van der Waals surface area contributed by atoms with Gasteiger partial charge in [0.2, 0.25) is 0 Å². The Balaban J connectivity index is 0.00000256. The number of likely N-dealkylation sites (tertiary alicyclic amines) is 1. The number of carboxylic acid groups (broad SMARTS) is 1. The van der Waals surface area contributed by atoms with E-state index in [-0.39, 0.29) is 25.1 Å². The molecule has 0 saturated carbocycles. The van der Waals surface area contributed by atoms with Crippen molar-refractivity contribution in [1.29, 1.82) is 0 Å². The van der Waals surface area contributed by atoms with Crippen LogP contribution in [0.4, 0.5) is 0 Å². The number of halogens is 1. The van der Waals surface area contributed by atoms with Crippen molar-refractivity contribution >= 4 is 24.7 Å². The monoisotopic (exact) mass is 266 g/mol. The first-order chi connectivity index (χ1) is 7.61. The topological polar surface area (TPSA) is 92.9 Å². The Morgan fingerprint density at radius 2 is 2.12 bits per heavy atom. The third-order valence-electron chi connectivity index (χ3n) is 2.62. The van der Waals surface area contributed by atoms with Crippen LogP contribution < -0.4 is 5.73 Å². The number of hydrogen-bond donors (Lipinski definition) is 2. The number of nitrogens with zero attached hydrogens (tertiary/aromatic N) is 1. The number of aliphatic carboxylic acids is 1. The van der Waals surface area contributed by atoms with Gasteiger partial charge in [0, 0.05) is 19.6 Å². The van der Waals surface area contributed by atoms with Gasteiger partial charge in [-0.2, -0.15) is 0 Å². The van der Waals surface area contributed by atoms with Crippen molar-refractivity contribution in [3.8, 4) is 0 Å². The molecule has 0 bridgehead atoms. The number of carbonyl (C=O) groups is 2. The maximum Gasteiger partial charge on any atom is 0.329 e. The summed E-state index contributed by atoms with van der Waals surface area (Å²) in [5.41, 5.74) is 5.52. The fourth-order valence-electron chi connectivity index (χ4n) is 1.79. The number of hydrogen-bond acceptors (Lipinski definition) is 5. The zero-order valence-electron chi connectivity index (χ0n) is 9.58. The van der Waals surface area contributed by atoms with Gasteiger partial charge < -0.3 is 25.3 Å². The van der Waals surface area contributed by atoms with Gasteiger partial charge in [0.05, 0.1) is 12.1 Å². The minimum atomic E-state index is -0.939. The lowest BCUT2D eigenvalue weighted by molar-refractivity contribution is -0.145. The number of piperidine rings is 1. The normalized spacial score (nSPS) is 19.4. The molecular formula is C10H19ClN2O4. The van der Waals surface area contributed by atoms with Crippen LogP contribution in [0.3, 0.4) is 0 Å². The standard InChI is InChI=1S/C10H18N2O4.ClH/c11-8(6-13)5-12-3-1-9(2-4-12)16-7-10(14)15;/h6,8-9H,1-5,7,11H2,(H,14,15);1H. The molecule has 0 amide bonds. The summed E-state index contributed by atoms with van der Waals surface area (Å²) in [5, 5.41) is 8.46. The van der Waals surface area contributed by atoms with Crippen LogP contribution in [0.5, 0.6) is 0 Å². The van der Waals surface area contributed by atoms with Crippen molar-refractivity contribution in [2.24, 2.45) is 5.73 Å². The van der Waals surface area contributed by atoms with Gasteiger partial charge in [0.1, 0.15) is 12.9 Å². The van der Waals surface area contributed by atoms with Crippen LogP contribution in [0.25, 0.3) is 0 Å². The van der Waals surface area contributed by atoms with Crippen LogP contribution in [0, 0.1) is 0 Å². The second-order valence-electron chi connectivity index (χ2n) is 4.00. The molecule has 6 nitrogen and oxygen atoms in total. The predicted octanol–water partition coefficient (Wildman–Crippen LogP) is -0.500. The van der Waals surface area contributed by atoms with E-state index in [1.165, 1.54) is 0 Å². The largest absolute Gasteiger partial charge is 0.480 e. The molecule has 3 N–H and O–H groups in total. The Kier molecular flexibility index (Phi) is 8.07. The minimum Gasteiger partial charge on any atom is -0.480 e. The van der Waals surface area contributed by atoms with Crippen molar-refractivity contribution < 1.29 is 19.4 Å². The van der Waals surface area contributed by atoms with Gasteiger partial charge in [-0.1, -0.05) is 0 Å². The lowest BCUT2D eigenvalue weighted by atomic mass is 10.1. The average molecular weight is 267 g/mol. The average Bonchev–Trinajstić information content (AvgIpc) is 2.28. The summed E-state index contributed by atoms with van der Waals surface area (Å²) in [6.45, 7) is 1.92. The molecular weight excluding hydrogens is 248 g/mol. The van der Waals surface area contributed by atoms with Crippen LogP contribution in [0.15, 0.2) is 0 Å². The first-order valence-electron chi connectivity index (χ1n) is 5.38. The van der Waals surface area contributed by atoms with Gasteiger partial charge in [-0.3, -0.25) is 0 Å². The van der Waals surface area contributed by atoms with E-state index in [0.717, 1.165) is 32.2 Å². The summed E-state index contributed by atoms with van der Waals surface area (Å²) < 4.78 is 5.20. The smallest absolute Gasteiger partial charge is 0.329 e. The van der Waals surface area contributed by atoms with E-state index in [0.29, 0.717) is 6.54 Å². The number of ether oxygens (including phenoxy) is 1. The van der Waals surface area contributed by atoms with Gasteiger partial charge in [0.15, 0.2) is 0 Å². The Bertz CT molecular complexity index is 244. The number of rotatable bonds is 6. The molecule has 0 aromatic heterocycles. The van der Waals surface area contributed by atoms with Gasteiger partial charge in [-0.05, 0) is 12.8 Å². The van der Waals surface area contributed by atoms with E-state index in [1.54, 1.807) is 0 Å². The second-order valence-corrected chi connectivity index (χ2v) is 4.00. The fourth-order valence-corrected chi connectivity index (χ4v) is 1.79. The molecule has 0 spiro atoms. The number of nitrogens with two attached hydrogens (primary N) is 1. The Morgan fingerprint density at radius 3 is 2.59 bits per heavy atom. The summed E-state index contributed by atoms with van der Waals surface area (Å²) in [6.07, 6.45) is 2.34. The Hall–Kier alpha value is -0.690. The molecule has 1 aliphatic heterocycles. The number of carboxylic acids is 1. The Labute approximate surface area is 107 Å². The first kappa shape index (κ1) is 16.3. The van der Waals surface area contributed by atoms with E-state index >= 15 is 0 Å².